The third-order valence-electron chi connectivity index (χ3n) is 2.38. The van der Waals surface area contributed by atoms with Crippen molar-refractivity contribution >= 4 is 21.8 Å². The van der Waals surface area contributed by atoms with Gasteiger partial charge in [0, 0.05) is 17.9 Å². The summed E-state index contributed by atoms with van der Waals surface area (Å²) >= 11 is 1.52. The molecule has 0 amide bonds. The Kier molecular flexibility index (Phi) is 5.58. The Morgan fingerprint density at radius 1 is 1.44 bits per heavy atom. The molecule has 1 rings (SSSR count). The highest BCUT2D eigenvalue weighted by atomic mass is 32.2. The number of sulfonamides is 1. The lowest BCUT2D eigenvalue weighted by atomic mass is 10.1. The summed E-state index contributed by atoms with van der Waals surface area (Å²) in [7, 11) is -3.65. The summed E-state index contributed by atoms with van der Waals surface area (Å²) in [6.45, 7) is 1.25. The number of thioether (sulfide) groups is 1. The maximum absolute atomic E-state index is 13.5. The SMILES string of the molecule is CSCCNS(=O)(=O)c1cc(C)c(F)c(CO)c1. The van der Waals surface area contributed by atoms with Crippen molar-refractivity contribution < 1.29 is 17.9 Å². The Labute approximate surface area is 111 Å². The highest BCUT2D eigenvalue weighted by Gasteiger charge is 2.17. The van der Waals surface area contributed by atoms with Gasteiger partial charge in [0.05, 0.1) is 11.5 Å². The van der Waals surface area contributed by atoms with Crippen LogP contribution in [0.2, 0.25) is 0 Å². The first-order valence-corrected chi connectivity index (χ1v) is 8.18. The van der Waals surface area contributed by atoms with Crippen LogP contribution in [-0.4, -0.2) is 32.1 Å². The van der Waals surface area contributed by atoms with E-state index in [2.05, 4.69) is 4.72 Å². The second-order valence-electron chi connectivity index (χ2n) is 3.76. The Hall–Kier alpha value is -0.630. The van der Waals surface area contributed by atoms with Gasteiger partial charge in [0.15, 0.2) is 0 Å². The molecule has 18 heavy (non-hydrogen) atoms. The molecular formula is C11H16FNO3S2. The second kappa shape index (κ2) is 6.51. The lowest BCUT2D eigenvalue weighted by Gasteiger charge is -2.10. The predicted octanol–water partition coefficient (Wildman–Crippen LogP) is 1.27. The van der Waals surface area contributed by atoms with Crippen LogP contribution < -0.4 is 4.72 Å². The standard InChI is InChI=1S/C11H16FNO3S2/c1-8-5-10(6-9(7-14)11(8)12)18(15,16)13-3-4-17-2/h5-6,13-14H,3-4,7H2,1-2H3. The number of hydrogen-bond acceptors (Lipinski definition) is 4. The molecule has 7 heteroatoms. The zero-order valence-electron chi connectivity index (χ0n) is 10.2. The number of nitrogens with one attached hydrogen (secondary N) is 1. The molecule has 0 radical (unpaired) electrons. The van der Waals surface area contributed by atoms with Gasteiger partial charge in [-0.25, -0.2) is 17.5 Å². The maximum Gasteiger partial charge on any atom is 0.240 e. The average molecular weight is 293 g/mol. The van der Waals surface area contributed by atoms with E-state index < -0.39 is 22.4 Å². The van der Waals surface area contributed by atoms with Crippen LogP contribution in [0.15, 0.2) is 17.0 Å². The fraction of sp³-hybridized carbons (Fsp3) is 0.455. The van der Waals surface area contributed by atoms with Crippen LogP contribution in [0.25, 0.3) is 0 Å². The number of aliphatic hydroxyl groups is 1. The molecule has 0 heterocycles. The van der Waals surface area contributed by atoms with Crippen molar-refractivity contribution in [3.63, 3.8) is 0 Å². The minimum Gasteiger partial charge on any atom is -0.392 e. The molecule has 0 saturated carbocycles. The summed E-state index contributed by atoms with van der Waals surface area (Å²) in [6.07, 6.45) is 1.88. The van der Waals surface area contributed by atoms with Gasteiger partial charge >= 0.3 is 0 Å². The van der Waals surface area contributed by atoms with Gasteiger partial charge in [0.1, 0.15) is 5.82 Å². The number of aryl methyl sites for hydroxylation is 1. The first kappa shape index (κ1) is 15.4. The average Bonchev–Trinajstić information content (AvgIpc) is 2.32. The third-order valence-corrected chi connectivity index (χ3v) is 4.44. The van der Waals surface area contributed by atoms with Crippen molar-refractivity contribution in [2.45, 2.75) is 18.4 Å². The molecule has 0 fully saturated rings. The molecule has 2 N–H and O–H groups in total. The van der Waals surface area contributed by atoms with E-state index in [4.69, 9.17) is 5.11 Å². The van der Waals surface area contributed by atoms with Crippen molar-refractivity contribution in [3.8, 4) is 0 Å². The highest BCUT2D eigenvalue weighted by Crippen LogP contribution is 2.19. The van der Waals surface area contributed by atoms with Crippen molar-refractivity contribution in [2.75, 3.05) is 18.6 Å². The van der Waals surface area contributed by atoms with Crippen LogP contribution in [0.5, 0.6) is 0 Å². The summed E-state index contributed by atoms with van der Waals surface area (Å²) in [6, 6.07) is 2.42. The summed E-state index contributed by atoms with van der Waals surface area (Å²) in [4.78, 5) is -0.0217. The fourth-order valence-corrected chi connectivity index (χ4v) is 3.04. The lowest BCUT2D eigenvalue weighted by molar-refractivity contribution is 0.275. The van der Waals surface area contributed by atoms with E-state index in [9.17, 15) is 12.8 Å². The molecule has 0 aliphatic rings. The molecule has 1 aromatic rings. The van der Waals surface area contributed by atoms with Gasteiger partial charge in [-0.2, -0.15) is 11.8 Å². The number of halogens is 1. The minimum absolute atomic E-state index is 0.0137. The van der Waals surface area contributed by atoms with Crippen LogP contribution in [0.1, 0.15) is 11.1 Å². The molecule has 0 aliphatic heterocycles. The largest absolute Gasteiger partial charge is 0.392 e. The summed E-state index contributed by atoms with van der Waals surface area (Å²) < 4.78 is 39.7. The summed E-state index contributed by atoms with van der Waals surface area (Å²) in [5, 5.41) is 8.99. The van der Waals surface area contributed by atoms with Gasteiger partial charge in [0.25, 0.3) is 0 Å². The minimum atomic E-state index is -3.65. The topological polar surface area (TPSA) is 66.4 Å². The molecule has 0 unspecified atom stereocenters. The quantitative estimate of drug-likeness (QED) is 0.775. The van der Waals surface area contributed by atoms with Crippen LogP contribution in [0.4, 0.5) is 4.39 Å². The molecular weight excluding hydrogens is 277 g/mol. The normalized spacial score (nSPS) is 11.8. The molecule has 0 bridgehead atoms. The van der Waals surface area contributed by atoms with E-state index in [1.54, 1.807) is 0 Å². The molecule has 0 aliphatic carbocycles. The molecule has 102 valence electrons. The zero-order valence-corrected chi connectivity index (χ0v) is 11.9. The van der Waals surface area contributed by atoms with Gasteiger partial charge in [0.2, 0.25) is 10.0 Å². The fourth-order valence-electron chi connectivity index (χ4n) is 1.44. The van der Waals surface area contributed by atoms with Crippen molar-refractivity contribution in [1.29, 1.82) is 0 Å². The van der Waals surface area contributed by atoms with Gasteiger partial charge in [-0.3, -0.25) is 0 Å². The number of benzene rings is 1. The van der Waals surface area contributed by atoms with Crippen LogP contribution >= 0.6 is 11.8 Å². The smallest absolute Gasteiger partial charge is 0.240 e. The van der Waals surface area contributed by atoms with E-state index in [-0.39, 0.29) is 16.0 Å². The monoisotopic (exact) mass is 293 g/mol. The Morgan fingerprint density at radius 2 is 2.11 bits per heavy atom. The Morgan fingerprint density at radius 3 is 2.67 bits per heavy atom. The summed E-state index contributed by atoms with van der Waals surface area (Å²) in [5.74, 6) is 0.0901. The number of aliphatic hydroxyl groups excluding tert-OH is 1. The van der Waals surface area contributed by atoms with E-state index in [0.29, 0.717) is 12.3 Å². The predicted molar refractivity (Wildman–Crippen MR) is 70.6 cm³/mol. The van der Waals surface area contributed by atoms with Crippen LogP contribution in [0.3, 0.4) is 0 Å². The van der Waals surface area contributed by atoms with E-state index in [0.717, 1.165) is 6.07 Å². The summed E-state index contributed by atoms with van der Waals surface area (Å²) in [5.41, 5.74) is 0.187. The highest BCUT2D eigenvalue weighted by molar-refractivity contribution is 7.98. The van der Waals surface area contributed by atoms with E-state index >= 15 is 0 Å². The van der Waals surface area contributed by atoms with Gasteiger partial charge < -0.3 is 5.11 Å². The molecule has 0 atom stereocenters. The number of hydrogen-bond donors (Lipinski definition) is 2. The second-order valence-corrected chi connectivity index (χ2v) is 6.51. The first-order chi connectivity index (χ1) is 8.42. The number of rotatable bonds is 6. The van der Waals surface area contributed by atoms with Crippen LogP contribution in [-0.2, 0) is 16.6 Å². The first-order valence-electron chi connectivity index (χ1n) is 5.31. The molecule has 0 spiro atoms. The van der Waals surface area contributed by atoms with Crippen LogP contribution in [0, 0.1) is 12.7 Å². The van der Waals surface area contributed by atoms with Gasteiger partial charge in [-0.1, -0.05) is 0 Å². The maximum atomic E-state index is 13.5. The van der Waals surface area contributed by atoms with Crippen molar-refractivity contribution in [2.24, 2.45) is 0 Å². The Balaban J connectivity index is 3.05. The van der Waals surface area contributed by atoms with Crippen molar-refractivity contribution in [3.05, 3.63) is 29.1 Å². The third kappa shape index (κ3) is 3.68. The van der Waals surface area contributed by atoms with E-state index in [1.165, 1.54) is 24.8 Å². The Bertz CT molecular complexity index is 517. The lowest BCUT2D eigenvalue weighted by Crippen LogP contribution is -2.26. The molecule has 0 aromatic heterocycles. The molecule has 4 nitrogen and oxygen atoms in total. The zero-order chi connectivity index (χ0) is 13.8. The van der Waals surface area contributed by atoms with Gasteiger partial charge in [-0.15, -0.1) is 0 Å². The van der Waals surface area contributed by atoms with Gasteiger partial charge in [-0.05, 0) is 30.9 Å². The molecule has 0 saturated heterocycles. The molecule has 1 aromatic carbocycles. The van der Waals surface area contributed by atoms with E-state index in [1.807, 2.05) is 6.26 Å². The van der Waals surface area contributed by atoms with Crippen molar-refractivity contribution in [1.82, 2.24) is 4.72 Å².